The largest absolute Gasteiger partial charge is 0.358 e. The van der Waals surface area contributed by atoms with E-state index in [0.29, 0.717) is 12.4 Å². The van der Waals surface area contributed by atoms with Crippen LogP contribution in [0.15, 0.2) is 29.3 Å². The summed E-state index contributed by atoms with van der Waals surface area (Å²) in [7, 11) is 1.89. The Morgan fingerprint density at radius 1 is 1.47 bits per heavy atom. The van der Waals surface area contributed by atoms with Crippen molar-refractivity contribution in [1.82, 2.24) is 4.90 Å². The Hall–Kier alpha value is -1.53. The van der Waals surface area contributed by atoms with Crippen molar-refractivity contribution in [2.45, 2.75) is 13.5 Å². The number of aliphatic imine (C=N–C) groups is 1. The summed E-state index contributed by atoms with van der Waals surface area (Å²) in [4.78, 5) is 5.57. The molecule has 1 aromatic carbocycles. The van der Waals surface area contributed by atoms with Gasteiger partial charge < -0.3 is 4.90 Å². The van der Waals surface area contributed by atoms with Crippen LogP contribution >= 0.6 is 11.6 Å². The summed E-state index contributed by atoms with van der Waals surface area (Å²) in [6.07, 6.45) is 1.77. The molecule has 0 amide bonds. The second-order valence-corrected chi connectivity index (χ2v) is 3.68. The lowest BCUT2D eigenvalue weighted by Gasteiger charge is -2.17. The molecule has 1 aromatic rings. The van der Waals surface area contributed by atoms with Crippen LogP contribution in [0.25, 0.3) is 0 Å². The first kappa shape index (κ1) is 11.5. The van der Waals surface area contributed by atoms with Crippen molar-refractivity contribution in [3.8, 4) is 6.19 Å². The number of hydrogen-bond acceptors (Lipinski definition) is 2. The fraction of sp³-hybridized carbons (Fsp3) is 0.273. The number of amidine groups is 1. The molecule has 0 atom stereocenters. The van der Waals surface area contributed by atoms with Crippen molar-refractivity contribution in [3.05, 3.63) is 34.9 Å². The molecule has 15 heavy (non-hydrogen) atoms. The van der Waals surface area contributed by atoms with Gasteiger partial charge in [-0.05, 0) is 24.6 Å². The molecule has 0 aliphatic carbocycles. The highest BCUT2D eigenvalue weighted by atomic mass is 35.5. The van der Waals surface area contributed by atoms with Crippen LogP contribution in [0.3, 0.4) is 0 Å². The van der Waals surface area contributed by atoms with Crippen LogP contribution in [-0.2, 0) is 6.54 Å². The van der Waals surface area contributed by atoms with E-state index in [1.807, 2.05) is 36.2 Å². The molecular weight excluding hydrogens is 210 g/mol. The number of rotatable bonds is 2. The van der Waals surface area contributed by atoms with Gasteiger partial charge in [-0.1, -0.05) is 23.7 Å². The number of benzene rings is 1. The summed E-state index contributed by atoms with van der Waals surface area (Å²) in [6.45, 7) is 2.52. The van der Waals surface area contributed by atoms with Gasteiger partial charge >= 0.3 is 0 Å². The molecule has 0 bridgehead atoms. The second-order valence-electron chi connectivity index (χ2n) is 3.24. The smallest absolute Gasteiger partial charge is 0.207 e. The molecule has 0 fully saturated rings. The number of nitriles is 1. The van der Waals surface area contributed by atoms with Gasteiger partial charge in [-0.25, -0.2) is 0 Å². The Labute approximate surface area is 94.6 Å². The molecule has 1 rings (SSSR count). The van der Waals surface area contributed by atoms with Crippen LogP contribution in [0.4, 0.5) is 0 Å². The van der Waals surface area contributed by atoms with Crippen LogP contribution in [0.2, 0.25) is 5.02 Å². The molecule has 0 saturated carbocycles. The highest BCUT2D eigenvalue weighted by Crippen LogP contribution is 2.10. The molecule has 4 heteroatoms. The van der Waals surface area contributed by atoms with Crippen LogP contribution in [0.5, 0.6) is 0 Å². The molecule has 0 unspecified atom stereocenters. The maximum Gasteiger partial charge on any atom is 0.207 e. The summed E-state index contributed by atoms with van der Waals surface area (Å²) in [5.74, 6) is 0.701. The van der Waals surface area contributed by atoms with E-state index < -0.39 is 0 Å². The molecule has 0 radical (unpaired) electrons. The predicted molar refractivity (Wildman–Crippen MR) is 61.6 cm³/mol. The first-order valence-electron chi connectivity index (χ1n) is 4.52. The van der Waals surface area contributed by atoms with Crippen molar-refractivity contribution in [2.75, 3.05) is 7.05 Å². The normalized spacial score (nSPS) is 10.9. The lowest BCUT2D eigenvalue weighted by atomic mass is 10.2. The first-order chi connectivity index (χ1) is 7.13. The Kier molecular flexibility index (Phi) is 4.14. The van der Waals surface area contributed by atoms with E-state index in [1.54, 1.807) is 13.1 Å². The van der Waals surface area contributed by atoms with Crippen LogP contribution in [0, 0.1) is 11.5 Å². The van der Waals surface area contributed by atoms with E-state index in [0.717, 1.165) is 10.6 Å². The third-order valence-electron chi connectivity index (χ3n) is 2.10. The van der Waals surface area contributed by atoms with Gasteiger partial charge in [0.05, 0.1) is 0 Å². The van der Waals surface area contributed by atoms with Crippen LogP contribution in [0.1, 0.15) is 12.5 Å². The van der Waals surface area contributed by atoms with Crippen LogP contribution < -0.4 is 0 Å². The predicted octanol–water partition coefficient (Wildman–Crippen LogP) is 2.67. The van der Waals surface area contributed by atoms with Gasteiger partial charge in [-0.15, -0.1) is 0 Å². The van der Waals surface area contributed by atoms with E-state index in [9.17, 15) is 0 Å². The molecule has 0 aliphatic rings. The fourth-order valence-electron chi connectivity index (χ4n) is 1.14. The van der Waals surface area contributed by atoms with Crippen molar-refractivity contribution >= 4 is 17.4 Å². The standard InChI is InChI=1S/C11H12ClN3/c1-9(14-8-13)15(2)7-10-3-5-11(12)6-4-10/h3-6H,7H2,1-2H3. The van der Waals surface area contributed by atoms with Gasteiger partial charge in [-0.2, -0.15) is 10.3 Å². The SMILES string of the molecule is CC(=NC#N)N(C)Cc1ccc(Cl)cc1. The zero-order valence-corrected chi connectivity index (χ0v) is 9.49. The third-order valence-corrected chi connectivity index (χ3v) is 2.35. The summed E-state index contributed by atoms with van der Waals surface area (Å²) in [5.41, 5.74) is 1.13. The highest BCUT2D eigenvalue weighted by molar-refractivity contribution is 6.30. The third kappa shape index (κ3) is 3.61. The minimum atomic E-state index is 0.701. The van der Waals surface area contributed by atoms with E-state index in [2.05, 4.69) is 4.99 Å². The zero-order valence-electron chi connectivity index (χ0n) is 8.74. The van der Waals surface area contributed by atoms with Gasteiger partial charge in [0.15, 0.2) is 0 Å². The monoisotopic (exact) mass is 221 g/mol. The Balaban J connectivity index is 2.67. The summed E-state index contributed by atoms with van der Waals surface area (Å²) >= 11 is 5.78. The molecule has 0 N–H and O–H groups in total. The average Bonchev–Trinajstić information content (AvgIpc) is 2.22. The van der Waals surface area contributed by atoms with E-state index >= 15 is 0 Å². The first-order valence-corrected chi connectivity index (χ1v) is 4.90. The average molecular weight is 222 g/mol. The molecule has 0 spiro atoms. The van der Waals surface area contributed by atoms with Gasteiger partial charge in [0, 0.05) is 18.6 Å². The Morgan fingerprint density at radius 3 is 2.60 bits per heavy atom. The number of halogens is 1. The molecule has 0 heterocycles. The number of nitrogens with zero attached hydrogens (tertiary/aromatic N) is 3. The van der Waals surface area contributed by atoms with Gasteiger partial charge in [0.25, 0.3) is 0 Å². The maximum atomic E-state index is 8.41. The zero-order chi connectivity index (χ0) is 11.3. The van der Waals surface area contributed by atoms with Crippen LogP contribution in [-0.4, -0.2) is 17.8 Å². The molecule has 78 valence electrons. The van der Waals surface area contributed by atoms with Crippen molar-refractivity contribution in [2.24, 2.45) is 4.99 Å². The van der Waals surface area contributed by atoms with Gasteiger partial charge in [0.2, 0.25) is 6.19 Å². The van der Waals surface area contributed by atoms with Crippen molar-refractivity contribution < 1.29 is 0 Å². The van der Waals surface area contributed by atoms with Gasteiger partial charge in [0.1, 0.15) is 5.84 Å². The lowest BCUT2D eigenvalue weighted by molar-refractivity contribution is 0.498. The molecule has 0 aromatic heterocycles. The highest BCUT2D eigenvalue weighted by Gasteiger charge is 2.01. The lowest BCUT2D eigenvalue weighted by Crippen LogP contribution is -2.23. The second kappa shape index (κ2) is 5.38. The molecular formula is C11H12ClN3. The minimum Gasteiger partial charge on any atom is -0.358 e. The summed E-state index contributed by atoms with van der Waals surface area (Å²) in [6, 6.07) is 7.61. The van der Waals surface area contributed by atoms with E-state index in [4.69, 9.17) is 16.9 Å². The summed E-state index contributed by atoms with van der Waals surface area (Å²) < 4.78 is 0. The number of hydrogen-bond donors (Lipinski definition) is 0. The topological polar surface area (TPSA) is 39.4 Å². The van der Waals surface area contributed by atoms with E-state index in [1.165, 1.54) is 0 Å². The molecule has 0 aliphatic heterocycles. The minimum absolute atomic E-state index is 0.701. The van der Waals surface area contributed by atoms with Crippen molar-refractivity contribution in [3.63, 3.8) is 0 Å². The van der Waals surface area contributed by atoms with E-state index in [-0.39, 0.29) is 0 Å². The fourth-order valence-corrected chi connectivity index (χ4v) is 1.26. The van der Waals surface area contributed by atoms with Crippen molar-refractivity contribution in [1.29, 1.82) is 5.26 Å². The Morgan fingerprint density at radius 2 is 2.07 bits per heavy atom. The molecule has 3 nitrogen and oxygen atoms in total. The maximum absolute atomic E-state index is 8.41. The molecule has 0 saturated heterocycles. The Bertz CT molecular complexity index is 389. The quantitative estimate of drug-likeness (QED) is 0.438. The summed E-state index contributed by atoms with van der Waals surface area (Å²) in [5, 5.41) is 9.13. The van der Waals surface area contributed by atoms with Gasteiger partial charge in [-0.3, -0.25) is 0 Å².